The first-order valence-electron chi connectivity index (χ1n) is 7.58. The lowest BCUT2D eigenvalue weighted by Crippen LogP contribution is -2.18. The molecule has 3 aromatic rings. The Morgan fingerprint density at radius 1 is 1.09 bits per heavy atom. The van der Waals surface area contributed by atoms with Gasteiger partial charge in [0.15, 0.2) is 5.65 Å². The standard InChI is InChI=1S/C16H20N6/c1-4-12-5-7-13(8-6-12)16(11(2)3)17-14-9-10-15-18-20-21-22(15)19-14/h5-11,16H,4H2,1-3H3,(H,17,19). The molecule has 0 fully saturated rings. The monoisotopic (exact) mass is 296 g/mol. The van der Waals surface area contributed by atoms with Gasteiger partial charge in [-0.2, -0.15) is 0 Å². The molecule has 0 aliphatic heterocycles. The van der Waals surface area contributed by atoms with Crippen molar-refractivity contribution in [1.82, 2.24) is 25.3 Å². The maximum Gasteiger partial charge on any atom is 0.200 e. The first-order chi connectivity index (χ1) is 10.7. The van der Waals surface area contributed by atoms with Crippen LogP contribution in [0.2, 0.25) is 0 Å². The summed E-state index contributed by atoms with van der Waals surface area (Å²) in [7, 11) is 0. The zero-order valence-electron chi connectivity index (χ0n) is 13.1. The first-order valence-corrected chi connectivity index (χ1v) is 7.58. The van der Waals surface area contributed by atoms with E-state index in [1.807, 2.05) is 12.1 Å². The molecule has 0 amide bonds. The summed E-state index contributed by atoms with van der Waals surface area (Å²) < 4.78 is 1.43. The Morgan fingerprint density at radius 2 is 1.86 bits per heavy atom. The van der Waals surface area contributed by atoms with Gasteiger partial charge < -0.3 is 5.32 Å². The molecule has 0 saturated heterocycles. The molecule has 2 heterocycles. The molecule has 6 heteroatoms. The van der Waals surface area contributed by atoms with Crippen molar-refractivity contribution in [3.05, 3.63) is 47.5 Å². The number of aryl methyl sites for hydroxylation is 1. The van der Waals surface area contributed by atoms with Gasteiger partial charge in [-0.25, -0.2) is 0 Å². The summed E-state index contributed by atoms with van der Waals surface area (Å²) >= 11 is 0. The van der Waals surface area contributed by atoms with Crippen molar-refractivity contribution in [2.24, 2.45) is 5.92 Å². The van der Waals surface area contributed by atoms with Gasteiger partial charge in [0, 0.05) is 0 Å². The topological polar surface area (TPSA) is 68.0 Å². The van der Waals surface area contributed by atoms with Gasteiger partial charge in [0.2, 0.25) is 0 Å². The predicted octanol–water partition coefficient (Wildman–Crippen LogP) is 2.89. The molecule has 1 aromatic carbocycles. The fourth-order valence-electron chi connectivity index (χ4n) is 2.48. The fourth-order valence-corrected chi connectivity index (χ4v) is 2.48. The third-order valence-corrected chi connectivity index (χ3v) is 3.79. The Balaban J connectivity index is 1.86. The zero-order valence-corrected chi connectivity index (χ0v) is 13.1. The zero-order chi connectivity index (χ0) is 15.5. The first kappa shape index (κ1) is 14.4. The Kier molecular flexibility index (Phi) is 4.00. The van der Waals surface area contributed by atoms with E-state index >= 15 is 0 Å². The van der Waals surface area contributed by atoms with Gasteiger partial charge in [0.05, 0.1) is 6.04 Å². The van der Waals surface area contributed by atoms with Crippen LogP contribution < -0.4 is 5.32 Å². The van der Waals surface area contributed by atoms with Crippen LogP contribution in [0.4, 0.5) is 5.82 Å². The van der Waals surface area contributed by atoms with Crippen molar-refractivity contribution >= 4 is 11.5 Å². The molecule has 0 saturated carbocycles. The molecule has 0 bridgehead atoms. The third kappa shape index (κ3) is 2.90. The number of nitrogens with zero attached hydrogens (tertiary/aromatic N) is 5. The largest absolute Gasteiger partial charge is 0.362 e. The number of aromatic nitrogens is 5. The van der Waals surface area contributed by atoms with Gasteiger partial charge in [0.1, 0.15) is 5.82 Å². The molecule has 1 atom stereocenters. The minimum atomic E-state index is 0.187. The van der Waals surface area contributed by atoms with E-state index in [0.717, 1.165) is 12.2 Å². The number of tetrazole rings is 1. The molecular weight excluding hydrogens is 276 g/mol. The van der Waals surface area contributed by atoms with E-state index in [9.17, 15) is 0 Å². The molecule has 114 valence electrons. The Bertz CT molecular complexity index is 747. The lowest BCUT2D eigenvalue weighted by Gasteiger charge is -2.23. The smallest absolute Gasteiger partial charge is 0.200 e. The maximum atomic E-state index is 4.39. The Labute approximate surface area is 129 Å². The highest BCUT2D eigenvalue weighted by molar-refractivity contribution is 5.44. The molecule has 0 spiro atoms. The van der Waals surface area contributed by atoms with Crippen LogP contribution in [0.1, 0.15) is 37.9 Å². The predicted molar refractivity (Wildman–Crippen MR) is 85.6 cm³/mol. The van der Waals surface area contributed by atoms with Crippen molar-refractivity contribution in [1.29, 1.82) is 0 Å². The summed E-state index contributed by atoms with van der Waals surface area (Å²) in [6.07, 6.45) is 1.05. The molecular formula is C16H20N6. The van der Waals surface area contributed by atoms with Crippen LogP contribution in [-0.4, -0.2) is 25.3 Å². The molecule has 22 heavy (non-hydrogen) atoms. The molecule has 6 nitrogen and oxygen atoms in total. The summed E-state index contributed by atoms with van der Waals surface area (Å²) in [5.74, 6) is 1.19. The summed E-state index contributed by atoms with van der Waals surface area (Å²) in [5.41, 5.74) is 3.24. The number of rotatable bonds is 5. The highest BCUT2D eigenvalue weighted by Gasteiger charge is 2.16. The van der Waals surface area contributed by atoms with Gasteiger partial charge >= 0.3 is 0 Å². The quantitative estimate of drug-likeness (QED) is 0.784. The Hall–Kier alpha value is -2.50. The molecule has 0 aliphatic carbocycles. The number of fused-ring (bicyclic) bond motifs is 1. The summed E-state index contributed by atoms with van der Waals surface area (Å²) in [4.78, 5) is 0. The van der Waals surface area contributed by atoms with E-state index < -0.39 is 0 Å². The van der Waals surface area contributed by atoms with E-state index in [2.05, 4.69) is 71.0 Å². The second-order valence-electron chi connectivity index (χ2n) is 5.71. The lowest BCUT2D eigenvalue weighted by atomic mass is 9.95. The van der Waals surface area contributed by atoms with Crippen LogP contribution in [0.5, 0.6) is 0 Å². The van der Waals surface area contributed by atoms with Crippen molar-refractivity contribution < 1.29 is 0 Å². The number of benzene rings is 1. The van der Waals surface area contributed by atoms with Crippen LogP contribution in [0, 0.1) is 5.92 Å². The van der Waals surface area contributed by atoms with E-state index in [4.69, 9.17) is 0 Å². The molecule has 0 radical (unpaired) electrons. The second-order valence-corrected chi connectivity index (χ2v) is 5.71. The van der Waals surface area contributed by atoms with Gasteiger partial charge in [-0.1, -0.05) is 45.0 Å². The van der Waals surface area contributed by atoms with E-state index in [1.165, 1.54) is 15.8 Å². The maximum absolute atomic E-state index is 4.39. The van der Waals surface area contributed by atoms with Gasteiger partial charge in [-0.15, -0.1) is 14.8 Å². The molecule has 0 aliphatic rings. The van der Waals surface area contributed by atoms with Gasteiger partial charge in [-0.05, 0) is 46.0 Å². The normalized spacial score (nSPS) is 12.7. The van der Waals surface area contributed by atoms with Crippen molar-refractivity contribution in [2.75, 3.05) is 5.32 Å². The van der Waals surface area contributed by atoms with Crippen LogP contribution >= 0.6 is 0 Å². The summed E-state index contributed by atoms with van der Waals surface area (Å²) in [6.45, 7) is 6.56. The third-order valence-electron chi connectivity index (χ3n) is 3.79. The SMILES string of the molecule is CCc1ccc(C(Nc2ccc3nnnn3n2)C(C)C)cc1. The Morgan fingerprint density at radius 3 is 2.55 bits per heavy atom. The molecule has 1 N–H and O–H groups in total. The van der Waals surface area contributed by atoms with Crippen molar-refractivity contribution in [3.8, 4) is 0 Å². The van der Waals surface area contributed by atoms with Crippen LogP contribution in [0.25, 0.3) is 5.65 Å². The van der Waals surface area contributed by atoms with E-state index in [1.54, 1.807) is 0 Å². The van der Waals surface area contributed by atoms with E-state index in [0.29, 0.717) is 11.6 Å². The minimum Gasteiger partial charge on any atom is -0.362 e. The summed E-state index contributed by atoms with van der Waals surface area (Å²) in [6, 6.07) is 12.7. The van der Waals surface area contributed by atoms with E-state index in [-0.39, 0.29) is 6.04 Å². The van der Waals surface area contributed by atoms with Crippen molar-refractivity contribution in [3.63, 3.8) is 0 Å². The summed E-state index contributed by atoms with van der Waals surface area (Å²) in [5, 5.41) is 19.2. The van der Waals surface area contributed by atoms with Crippen LogP contribution in [0.15, 0.2) is 36.4 Å². The average Bonchev–Trinajstić information content (AvgIpc) is 3.00. The molecule has 2 aromatic heterocycles. The highest BCUT2D eigenvalue weighted by atomic mass is 15.6. The lowest BCUT2D eigenvalue weighted by molar-refractivity contribution is 0.542. The number of hydrogen-bond acceptors (Lipinski definition) is 5. The number of nitrogens with one attached hydrogen (secondary N) is 1. The fraction of sp³-hybridized carbons (Fsp3) is 0.375. The van der Waals surface area contributed by atoms with Crippen LogP contribution in [0.3, 0.4) is 0 Å². The minimum absolute atomic E-state index is 0.187. The highest BCUT2D eigenvalue weighted by Crippen LogP contribution is 2.26. The van der Waals surface area contributed by atoms with Crippen molar-refractivity contribution in [2.45, 2.75) is 33.2 Å². The second kappa shape index (κ2) is 6.09. The van der Waals surface area contributed by atoms with Gasteiger partial charge in [-0.3, -0.25) is 0 Å². The molecule has 1 unspecified atom stereocenters. The average molecular weight is 296 g/mol. The molecule has 3 rings (SSSR count). The number of hydrogen-bond donors (Lipinski definition) is 1. The van der Waals surface area contributed by atoms with Gasteiger partial charge in [0.25, 0.3) is 0 Å². The van der Waals surface area contributed by atoms with Crippen LogP contribution in [-0.2, 0) is 6.42 Å². The number of anilines is 1.